The van der Waals surface area contributed by atoms with Gasteiger partial charge in [0.25, 0.3) is 0 Å². The molecule has 6 heteroatoms. The van der Waals surface area contributed by atoms with Crippen LogP contribution < -0.4 is 0 Å². The van der Waals surface area contributed by atoms with Crippen molar-refractivity contribution in [3.8, 4) is 0 Å². The van der Waals surface area contributed by atoms with E-state index < -0.39 is 16.2 Å². The number of hydrogen-bond donors (Lipinski definition) is 0. The zero-order chi connectivity index (χ0) is 28.3. The fourth-order valence-corrected chi connectivity index (χ4v) is 9.98. The Morgan fingerprint density at radius 2 is 1.95 bits per heavy atom. The Balaban J connectivity index is 1.43. The van der Waals surface area contributed by atoms with Crippen LogP contribution in [0.1, 0.15) is 65.4 Å². The Morgan fingerprint density at radius 1 is 1.18 bits per heavy atom. The maximum Gasteiger partial charge on any atom is 0.318 e. The van der Waals surface area contributed by atoms with E-state index in [-0.39, 0.29) is 42.7 Å². The van der Waals surface area contributed by atoms with Crippen molar-refractivity contribution in [3.05, 3.63) is 47.5 Å². The molecule has 0 N–H and O–H groups in total. The topological polar surface area (TPSA) is 65.1 Å². The molecule has 3 saturated carbocycles. The van der Waals surface area contributed by atoms with Crippen molar-refractivity contribution < 1.29 is 23.8 Å². The molecule has 218 valence electrons. The molecule has 1 aromatic rings. The van der Waals surface area contributed by atoms with E-state index >= 15 is 0 Å². The molecular formula is C34H47NO5. The van der Waals surface area contributed by atoms with Crippen LogP contribution in [0, 0.1) is 45.8 Å². The van der Waals surface area contributed by atoms with Gasteiger partial charge in [-0.05, 0) is 67.9 Å². The summed E-state index contributed by atoms with van der Waals surface area (Å²) in [4.78, 5) is 30.7. The van der Waals surface area contributed by atoms with Crippen molar-refractivity contribution in [1.82, 2.24) is 4.90 Å². The third-order valence-electron chi connectivity index (χ3n) is 11.6. The molecule has 40 heavy (non-hydrogen) atoms. The highest BCUT2D eigenvalue weighted by molar-refractivity contribution is 5.91. The Hall–Kier alpha value is -2.02. The summed E-state index contributed by atoms with van der Waals surface area (Å²) < 4.78 is 19.4. The van der Waals surface area contributed by atoms with Crippen molar-refractivity contribution in [1.29, 1.82) is 0 Å². The van der Waals surface area contributed by atoms with Crippen LogP contribution in [0.4, 0.5) is 0 Å². The van der Waals surface area contributed by atoms with Gasteiger partial charge in [-0.1, -0.05) is 76.1 Å². The minimum Gasteiger partial charge on any atom is -0.460 e. The summed E-state index contributed by atoms with van der Waals surface area (Å²) in [5, 5.41) is 0. The van der Waals surface area contributed by atoms with Crippen molar-refractivity contribution >= 4 is 12.3 Å². The molecular weight excluding hydrogens is 502 g/mol. The molecule has 9 atom stereocenters. The number of fused-ring (bicyclic) bond motifs is 2. The van der Waals surface area contributed by atoms with E-state index in [1.165, 1.54) is 6.29 Å². The average Bonchev–Trinajstić information content (AvgIpc) is 3.52. The lowest BCUT2D eigenvalue weighted by Gasteiger charge is -2.59. The largest absolute Gasteiger partial charge is 0.460 e. The van der Waals surface area contributed by atoms with E-state index in [9.17, 15) is 9.59 Å². The van der Waals surface area contributed by atoms with Gasteiger partial charge in [0.15, 0.2) is 6.29 Å². The first-order chi connectivity index (χ1) is 19.2. The number of carbonyl (C=O) groups excluding carboxylic acids is 2. The first-order valence-corrected chi connectivity index (χ1v) is 15.6. The average molecular weight is 550 g/mol. The predicted octanol–water partition coefficient (Wildman–Crippen LogP) is 5.65. The van der Waals surface area contributed by atoms with Gasteiger partial charge >= 0.3 is 5.97 Å². The number of rotatable bonds is 9. The summed E-state index contributed by atoms with van der Waals surface area (Å²) in [5.74, 6) is 1.16. The van der Waals surface area contributed by atoms with Crippen LogP contribution in [-0.4, -0.2) is 56.3 Å². The minimum atomic E-state index is -1.01. The molecule has 0 spiro atoms. The van der Waals surface area contributed by atoms with Crippen LogP contribution in [0.3, 0.4) is 0 Å². The van der Waals surface area contributed by atoms with E-state index in [4.69, 9.17) is 14.2 Å². The standard InChI is InChI=1S/C34H47NO5/c1-6-26-17-35(5)18-30(40-26)39-21-33-16-27-23(4)12-13-28(27)32(20-36)15-25(33)14-29(22(2)3)34(32,33)31(37)38-19-24-10-8-7-9-11-24/h7-11,14,20,22-23,25-28,30H,6,12-13,15-19,21H2,1-5H3/t23-,25+,26?,27-,28-,30-,32-,33+,34+/m1/s1. The third-order valence-corrected chi connectivity index (χ3v) is 11.6. The highest BCUT2D eigenvalue weighted by atomic mass is 16.7. The highest BCUT2D eigenvalue weighted by Crippen LogP contribution is 2.82. The molecule has 1 aliphatic heterocycles. The summed E-state index contributed by atoms with van der Waals surface area (Å²) >= 11 is 0. The summed E-state index contributed by atoms with van der Waals surface area (Å²) in [7, 11) is 2.11. The van der Waals surface area contributed by atoms with Crippen LogP contribution in [-0.2, 0) is 30.4 Å². The number of esters is 1. The Labute approximate surface area is 239 Å². The molecule has 0 radical (unpaired) electrons. The van der Waals surface area contributed by atoms with Crippen LogP contribution >= 0.6 is 0 Å². The molecule has 0 aromatic heterocycles. The summed E-state index contributed by atoms with van der Waals surface area (Å²) in [5.41, 5.74) is -0.216. The second-order valence-corrected chi connectivity index (χ2v) is 13.9. The van der Waals surface area contributed by atoms with E-state index in [0.717, 1.165) is 43.4 Å². The van der Waals surface area contributed by atoms with E-state index in [1.54, 1.807) is 0 Å². The Kier molecular flexibility index (Phi) is 7.28. The van der Waals surface area contributed by atoms with Gasteiger partial charge in [-0.2, -0.15) is 0 Å². The van der Waals surface area contributed by atoms with Gasteiger partial charge in [0, 0.05) is 18.5 Å². The smallest absolute Gasteiger partial charge is 0.318 e. The fourth-order valence-electron chi connectivity index (χ4n) is 9.98. The second-order valence-electron chi connectivity index (χ2n) is 13.9. The van der Waals surface area contributed by atoms with Crippen LogP contribution in [0.25, 0.3) is 0 Å². The molecule has 0 amide bonds. The lowest BCUT2D eigenvalue weighted by molar-refractivity contribution is -0.238. The van der Waals surface area contributed by atoms with Gasteiger partial charge in [-0.3, -0.25) is 9.69 Å². The number of benzene rings is 1. The maximum absolute atomic E-state index is 14.9. The van der Waals surface area contributed by atoms with Gasteiger partial charge in [-0.25, -0.2) is 0 Å². The highest BCUT2D eigenvalue weighted by Gasteiger charge is 2.84. The molecule has 1 heterocycles. The third kappa shape index (κ3) is 3.85. The van der Waals surface area contributed by atoms with Crippen molar-refractivity contribution in [2.24, 2.45) is 45.8 Å². The first-order valence-electron chi connectivity index (χ1n) is 15.6. The van der Waals surface area contributed by atoms with Crippen LogP contribution in [0.2, 0.25) is 0 Å². The number of ether oxygens (including phenoxy) is 3. The number of aldehydes is 1. The molecule has 1 aromatic carbocycles. The number of likely N-dealkylation sites (N-methyl/N-ethyl adjacent to an activating group) is 1. The van der Waals surface area contributed by atoms with Crippen LogP contribution in [0.15, 0.2) is 42.0 Å². The normalized spacial score (nSPS) is 42.1. The van der Waals surface area contributed by atoms with Gasteiger partial charge in [0.2, 0.25) is 0 Å². The van der Waals surface area contributed by atoms with E-state index in [1.807, 2.05) is 30.3 Å². The number of carbonyl (C=O) groups is 2. The van der Waals surface area contributed by atoms with Gasteiger partial charge in [-0.15, -0.1) is 0 Å². The first kappa shape index (κ1) is 28.1. The monoisotopic (exact) mass is 549 g/mol. The second kappa shape index (κ2) is 10.4. The van der Waals surface area contributed by atoms with Gasteiger partial charge in [0.1, 0.15) is 18.3 Å². The van der Waals surface area contributed by atoms with Gasteiger partial charge < -0.3 is 19.0 Å². The lowest BCUT2D eigenvalue weighted by atomic mass is 9.43. The maximum atomic E-state index is 14.9. The molecule has 6 nitrogen and oxygen atoms in total. The molecule has 4 aliphatic carbocycles. The lowest BCUT2D eigenvalue weighted by Crippen LogP contribution is -2.64. The predicted molar refractivity (Wildman–Crippen MR) is 153 cm³/mol. The number of nitrogens with zero attached hydrogens (tertiary/aromatic N) is 1. The quantitative estimate of drug-likeness (QED) is 0.225. The van der Waals surface area contributed by atoms with E-state index in [2.05, 4.69) is 45.7 Å². The summed E-state index contributed by atoms with van der Waals surface area (Å²) in [6.45, 7) is 11.0. The molecule has 1 unspecified atom stereocenters. The zero-order valence-corrected chi connectivity index (χ0v) is 24.9. The van der Waals surface area contributed by atoms with Crippen LogP contribution in [0.5, 0.6) is 0 Å². The molecule has 4 fully saturated rings. The molecule has 1 saturated heterocycles. The molecule has 6 rings (SSSR count). The SMILES string of the molecule is CCC1CN(C)C[C@H](OC[C@@]23C[C@@H]4[C@H](C)CC[C@H]4[C@]4(C=O)C[C@@H]2C=C(C(C)C)[C@@]34C(=O)OCc2ccccc2)O1. The van der Waals surface area contributed by atoms with Crippen molar-refractivity contribution in [3.63, 3.8) is 0 Å². The summed E-state index contributed by atoms with van der Waals surface area (Å²) in [6.07, 6.45) is 8.00. The molecule has 4 bridgehead atoms. The van der Waals surface area contributed by atoms with E-state index in [0.29, 0.717) is 31.4 Å². The Bertz CT molecular complexity index is 1150. The van der Waals surface area contributed by atoms with Gasteiger partial charge in [0.05, 0.1) is 18.1 Å². The van der Waals surface area contributed by atoms with Crippen molar-refractivity contribution in [2.45, 2.75) is 78.8 Å². The molecule has 5 aliphatic rings. The number of morpholine rings is 1. The summed E-state index contributed by atoms with van der Waals surface area (Å²) in [6, 6.07) is 9.88. The Morgan fingerprint density at radius 3 is 2.65 bits per heavy atom. The minimum absolute atomic E-state index is 0.112. The number of hydrogen-bond acceptors (Lipinski definition) is 6. The van der Waals surface area contributed by atoms with Crippen molar-refractivity contribution in [2.75, 3.05) is 26.7 Å². The zero-order valence-electron chi connectivity index (χ0n) is 24.9. The number of allylic oxidation sites excluding steroid dienone is 1. The fraction of sp³-hybridized carbons (Fsp3) is 0.706.